The summed E-state index contributed by atoms with van der Waals surface area (Å²) in [7, 11) is -4.31. The van der Waals surface area contributed by atoms with Gasteiger partial charge in [0.15, 0.2) is 0 Å². The van der Waals surface area contributed by atoms with Gasteiger partial charge in [0.1, 0.15) is 5.75 Å². The van der Waals surface area contributed by atoms with Crippen molar-refractivity contribution in [2.45, 2.75) is 17.8 Å². The lowest BCUT2D eigenvalue weighted by molar-refractivity contribution is -0.274. The molecule has 1 amide bonds. The summed E-state index contributed by atoms with van der Waals surface area (Å²) in [5.41, 5.74) is 0.776. The molecule has 0 aliphatic heterocycles. The van der Waals surface area contributed by atoms with Crippen LogP contribution in [0.3, 0.4) is 0 Å². The number of carbonyl (C=O) groups is 1. The quantitative estimate of drug-likeness (QED) is 0.496. The van der Waals surface area contributed by atoms with Gasteiger partial charge in [-0.1, -0.05) is 41.9 Å². The van der Waals surface area contributed by atoms with E-state index in [2.05, 4.69) is 14.8 Å². The van der Waals surface area contributed by atoms with Crippen LogP contribution in [0, 0.1) is 0 Å². The Hall–Kier alpha value is -3.24. The minimum atomic E-state index is -4.97. The number of ether oxygens (including phenoxy) is 1. The van der Waals surface area contributed by atoms with E-state index in [1.165, 1.54) is 18.2 Å². The molecule has 0 aliphatic rings. The Bertz CT molecular complexity index is 1220. The zero-order chi connectivity index (χ0) is 23.4. The molecule has 32 heavy (non-hydrogen) atoms. The van der Waals surface area contributed by atoms with Crippen LogP contribution in [0.1, 0.15) is 15.9 Å². The molecule has 0 spiro atoms. The maximum absolute atomic E-state index is 12.7. The summed E-state index contributed by atoms with van der Waals surface area (Å²) >= 11 is 5.83. The number of halogens is 4. The molecule has 6 nitrogen and oxygen atoms in total. The van der Waals surface area contributed by atoms with Gasteiger partial charge in [0.25, 0.3) is 15.9 Å². The van der Waals surface area contributed by atoms with E-state index in [-0.39, 0.29) is 17.8 Å². The zero-order valence-corrected chi connectivity index (χ0v) is 17.8. The van der Waals surface area contributed by atoms with Gasteiger partial charge < -0.3 is 10.1 Å². The third-order valence-electron chi connectivity index (χ3n) is 4.13. The van der Waals surface area contributed by atoms with Crippen molar-refractivity contribution in [1.29, 1.82) is 0 Å². The molecule has 2 N–H and O–H groups in total. The second-order valence-electron chi connectivity index (χ2n) is 6.48. The van der Waals surface area contributed by atoms with Gasteiger partial charge in [-0.05, 0) is 42.0 Å². The summed E-state index contributed by atoms with van der Waals surface area (Å²) in [4.78, 5) is 12.2. The predicted molar refractivity (Wildman–Crippen MR) is 113 cm³/mol. The zero-order valence-electron chi connectivity index (χ0n) is 16.2. The Morgan fingerprint density at radius 3 is 2.34 bits per heavy atom. The van der Waals surface area contributed by atoms with Crippen LogP contribution >= 0.6 is 11.6 Å². The number of para-hydroxylation sites is 1. The molecule has 3 aromatic rings. The van der Waals surface area contributed by atoms with Gasteiger partial charge >= 0.3 is 6.36 Å². The van der Waals surface area contributed by atoms with Gasteiger partial charge in [0.05, 0.1) is 16.1 Å². The molecule has 0 unspecified atom stereocenters. The van der Waals surface area contributed by atoms with E-state index < -0.39 is 32.9 Å². The largest absolute Gasteiger partial charge is 0.573 e. The van der Waals surface area contributed by atoms with Crippen molar-refractivity contribution in [2.24, 2.45) is 0 Å². The molecule has 3 aromatic carbocycles. The molecule has 0 radical (unpaired) electrons. The van der Waals surface area contributed by atoms with Gasteiger partial charge in [-0.15, -0.1) is 13.2 Å². The first kappa shape index (κ1) is 23.4. The summed E-state index contributed by atoms with van der Waals surface area (Å²) < 4.78 is 68.7. The number of nitrogens with one attached hydrogen (secondary N) is 2. The highest BCUT2D eigenvalue weighted by Gasteiger charge is 2.31. The summed E-state index contributed by atoms with van der Waals surface area (Å²) in [5.74, 6) is -1.23. The highest BCUT2D eigenvalue weighted by atomic mass is 35.5. The van der Waals surface area contributed by atoms with E-state index >= 15 is 0 Å². The first-order chi connectivity index (χ1) is 15.0. The highest BCUT2D eigenvalue weighted by molar-refractivity contribution is 7.92. The maximum atomic E-state index is 12.7. The predicted octanol–water partition coefficient (Wildman–Crippen LogP) is 4.97. The van der Waals surface area contributed by atoms with Crippen molar-refractivity contribution in [3.05, 3.63) is 88.9 Å². The number of anilines is 1. The molecule has 0 heterocycles. The minimum absolute atomic E-state index is 0.0349. The van der Waals surface area contributed by atoms with E-state index in [1.807, 2.05) is 0 Å². The summed E-state index contributed by atoms with van der Waals surface area (Å²) in [6.07, 6.45) is -4.97. The molecule has 0 saturated heterocycles. The van der Waals surface area contributed by atoms with Crippen molar-refractivity contribution < 1.29 is 31.1 Å². The van der Waals surface area contributed by atoms with Gasteiger partial charge in [0.2, 0.25) is 0 Å². The third kappa shape index (κ3) is 6.38. The molecule has 11 heteroatoms. The second-order valence-corrected chi connectivity index (χ2v) is 8.60. The van der Waals surface area contributed by atoms with Crippen LogP contribution in [0.4, 0.5) is 18.9 Å². The third-order valence-corrected chi connectivity index (χ3v) is 5.75. The monoisotopic (exact) mass is 484 g/mol. The molecular weight excluding hydrogens is 469 g/mol. The fourth-order valence-electron chi connectivity index (χ4n) is 2.69. The summed E-state index contributed by atoms with van der Waals surface area (Å²) in [5, 5.41) is 3.22. The van der Waals surface area contributed by atoms with Crippen molar-refractivity contribution in [1.82, 2.24) is 5.32 Å². The summed E-state index contributed by atoms with van der Waals surface area (Å²) in [6, 6.07) is 16.6. The summed E-state index contributed by atoms with van der Waals surface area (Å²) in [6.45, 7) is 0.175. The fourth-order valence-corrected chi connectivity index (χ4v) is 3.93. The number of amides is 1. The van der Waals surface area contributed by atoms with Gasteiger partial charge in [-0.3, -0.25) is 9.52 Å². The Kier molecular flexibility index (Phi) is 6.95. The maximum Gasteiger partial charge on any atom is 0.573 e. The van der Waals surface area contributed by atoms with Crippen LogP contribution in [0.2, 0.25) is 5.02 Å². The number of alkyl halides is 3. The first-order valence-corrected chi connectivity index (χ1v) is 10.9. The van der Waals surface area contributed by atoms with Gasteiger partial charge in [0, 0.05) is 17.6 Å². The SMILES string of the molecule is O=C(NCc1ccc(Cl)cc1)c1ccccc1NS(=O)(=O)c1cccc(OC(F)(F)F)c1. The Morgan fingerprint density at radius 2 is 1.66 bits per heavy atom. The van der Waals surface area contributed by atoms with Crippen LogP contribution in [-0.2, 0) is 16.6 Å². The lowest BCUT2D eigenvalue weighted by Crippen LogP contribution is -2.25. The Balaban J connectivity index is 1.78. The van der Waals surface area contributed by atoms with E-state index in [0.717, 1.165) is 29.8 Å². The van der Waals surface area contributed by atoms with Crippen molar-refractivity contribution in [3.63, 3.8) is 0 Å². The lowest BCUT2D eigenvalue weighted by Gasteiger charge is -2.14. The highest BCUT2D eigenvalue weighted by Crippen LogP contribution is 2.26. The van der Waals surface area contributed by atoms with Crippen molar-refractivity contribution in [2.75, 3.05) is 4.72 Å². The average Bonchev–Trinajstić information content (AvgIpc) is 2.72. The van der Waals surface area contributed by atoms with Crippen LogP contribution in [0.15, 0.2) is 77.7 Å². The lowest BCUT2D eigenvalue weighted by atomic mass is 10.1. The van der Waals surface area contributed by atoms with Crippen LogP contribution < -0.4 is 14.8 Å². The van der Waals surface area contributed by atoms with Crippen LogP contribution in [-0.4, -0.2) is 20.7 Å². The molecule has 168 valence electrons. The Labute approximate surface area is 187 Å². The first-order valence-electron chi connectivity index (χ1n) is 9.04. The number of hydrogen-bond acceptors (Lipinski definition) is 4. The molecule has 0 fully saturated rings. The fraction of sp³-hybridized carbons (Fsp3) is 0.0952. The smallest absolute Gasteiger partial charge is 0.406 e. The standard InChI is InChI=1S/C21H16ClF3N2O4S/c22-15-10-8-14(9-11-15)13-26-20(28)18-6-1-2-7-19(18)27-32(29,30)17-5-3-4-16(12-17)31-21(23,24)25/h1-12,27H,13H2,(H,26,28). The van der Waals surface area contributed by atoms with E-state index in [1.54, 1.807) is 30.3 Å². The molecule has 0 atom stereocenters. The topological polar surface area (TPSA) is 84.5 Å². The number of hydrogen-bond donors (Lipinski definition) is 2. The molecular formula is C21H16ClF3N2O4S. The van der Waals surface area contributed by atoms with Crippen molar-refractivity contribution in [3.8, 4) is 5.75 Å². The molecule has 0 aliphatic carbocycles. The number of carbonyl (C=O) groups excluding carboxylic acids is 1. The van der Waals surface area contributed by atoms with Crippen LogP contribution in [0.5, 0.6) is 5.75 Å². The molecule has 3 rings (SSSR count). The number of sulfonamides is 1. The van der Waals surface area contributed by atoms with Crippen molar-refractivity contribution >= 4 is 33.2 Å². The molecule has 0 aromatic heterocycles. The van der Waals surface area contributed by atoms with E-state index in [0.29, 0.717) is 5.02 Å². The van der Waals surface area contributed by atoms with Gasteiger partial charge in [-0.25, -0.2) is 8.42 Å². The Morgan fingerprint density at radius 1 is 0.969 bits per heavy atom. The average molecular weight is 485 g/mol. The van der Waals surface area contributed by atoms with Crippen LogP contribution in [0.25, 0.3) is 0 Å². The normalized spacial score (nSPS) is 11.6. The molecule has 0 saturated carbocycles. The number of rotatable bonds is 7. The van der Waals surface area contributed by atoms with E-state index in [4.69, 9.17) is 11.6 Å². The molecule has 0 bridgehead atoms. The minimum Gasteiger partial charge on any atom is -0.406 e. The van der Waals surface area contributed by atoms with E-state index in [9.17, 15) is 26.4 Å². The number of benzene rings is 3. The second kappa shape index (κ2) is 9.49. The van der Waals surface area contributed by atoms with Gasteiger partial charge in [-0.2, -0.15) is 0 Å².